The normalized spacial score (nSPS) is 11.5. The number of benzene rings is 1. The van der Waals surface area contributed by atoms with Crippen LogP contribution in [0.25, 0.3) is 0 Å². The molecule has 2 N–H and O–H groups in total. The highest BCUT2D eigenvalue weighted by Gasteiger charge is 2.11. The molecule has 25 heavy (non-hydrogen) atoms. The monoisotopic (exact) mass is 369 g/mol. The summed E-state index contributed by atoms with van der Waals surface area (Å²) >= 11 is 1.63. The van der Waals surface area contributed by atoms with Crippen molar-refractivity contribution in [2.75, 3.05) is 13.7 Å². The number of alkyl halides is 2. The van der Waals surface area contributed by atoms with Gasteiger partial charge in [-0.1, -0.05) is 6.07 Å². The van der Waals surface area contributed by atoms with Gasteiger partial charge in [-0.25, -0.2) is 4.99 Å². The number of hydrogen-bond donors (Lipinski definition) is 2. The molecule has 0 bridgehead atoms. The molecule has 0 amide bonds. The Hall–Kier alpha value is -2.35. The first-order valence-electron chi connectivity index (χ1n) is 7.77. The zero-order valence-electron chi connectivity index (χ0n) is 14.1. The van der Waals surface area contributed by atoms with Crippen molar-refractivity contribution in [1.29, 1.82) is 0 Å². The van der Waals surface area contributed by atoms with Crippen molar-refractivity contribution in [3.05, 3.63) is 46.2 Å². The van der Waals surface area contributed by atoms with Crippen LogP contribution in [0.4, 0.5) is 8.78 Å². The molecule has 0 atom stereocenters. The number of hydrogen-bond acceptors (Lipinski definition) is 4. The van der Waals surface area contributed by atoms with Crippen LogP contribution >= 0.6 is 11.3 Å². The van der Waals surface area contributed by atoms with E-state index >= 15 is 0 Å². The lowest BCUT2D eigenvalue weighted by Gasteiger charge is -2.14. The third kappa shape index (κ3) is 6.22. The van der Waals surface area contributed by atoms with Crippen molar-refractivity contribution in [1.82, 2.24) is 10.6 Å². The minimum atomic E-state index is -2.90. The molecular formula is C17H21F2N3O2S. The number of nitrogens with zero attached hydrogens (tertiary/aromatic N) is 1. The van der Waals surface area contributed by atoms with E-state index in [2.05, 4.69) is 20.4 Å². The summed E-state index contributed by atoms with van der Waals surface area (Å²) in [5.41, 5.74) is 1.91. The summed E-state index contributed by atoms with van der Waals surface area (Å²) in [6.07, 6.45) is 0. The third-order valence-electron chi connectivity index (χ3n) is 3.25. The van der Waals surface area contributed by atoms with E-state index in [1.54, 1.807) is 23.5 Å². The van der Waals surface area contributed by atoms with Gasteiger partial charge in [0.25, 0.3) is 0 Å². The molecule has 0 fully saturated rings. The Labute approximate surface area is 149 Å². The number of nitrogens with one attached hydrogen (secondary N) is 2. The summed E-state index contributed by atoms with van der Waals surface area (Å²) < 4.78 is 34.5. The fraction of sp³-hybridized carbons (Fsp3) is 0.353. The maximum Gasteiger partial charge on any atom is 0.387 e. The maximum atomic E-state index is 12.5. The van der Waals surface area contributed by atoms with Crippen LogP contribution in [0, 0.1) is 0 Å². The molecule has 0 aliphatic rings. The lowest BCUT2D eigenvalue weighted by atomic mass is 10.2. The number of guanidine groups is 1. The van der Waals surface area contributed by atoms with E-state index in [1.165, 1.54) is 13.2 Å². The van der Waals surface area contributed by atoms with E-state index in [9.17, 15) is 8.78 Å². The molecule has 2 rings (SSSR count). The van der Waals surface area contributed by atoms with Gasteiger partial charge in [-0.3, -0.25) is 0 Å². The predicted octanol–water partition coefficient (Wildman–Crippen LogP) is 3.61. The Bertz CT molecular complexity index is 679. The van der Waals surface area contributed by atoms with Gasteiger partial charge in [0.15, 0.2) is 17.5 Å². The Morgan fingerprint density at radius 1 is 1.20 bits per heavy atom. The van der Waals surface area contributed by atoms with Crippen LogP contribution in [-0.2, 0) is 13.1 Å². The van der Waals surface area contributed by atoms with Crippen LogP contribution in [0.3, 0.4) is 0 Å². The lowest BCUT2D eigenvalue weighted by molar-refractivity contribution is -0.0512. The highest BCUT2D eigenvalue weighted by molar-refractivity contribution is 7.07. The first kappa shape index (κ1) is 19.0. The topological polar surface area (TPSA) is 54.9 Å². The summed E-state index contributed by atoms with van der Waals surface area (Å²) in [6, 6.07) is 6.94. The highest BCUT2D eigenvalue weighted by atomic mass is 32.1. The smallest absolute Gasteiger partial charge is 0.387 e. The third-order valence-corrected chi connectivity index (χ3v) is 3.98. The molecule has 0 aliphatic heterocycles. The Balaban J connectivity index is 2.02. The molecule has 0 unspecified atom stereocenters. The van der Waals surface area contributed by atoms with Crippen molar-refractivity contribution in [2.45, 2.75) is 26.6 Å². The highest BCUT2D eigenvalue weighted by Crippen LogP contribution is 2.29. The van der Waals surface area contributed by atoms with Gasteiger partial charge in [0.2, 0.25) is 0 Å². The van der Waals surface area contributed by atoms with Crippen molar-refractivity contribution < 1.29 is 18.3 Å². The standard InChI is InChI=1S/C17H21F2N3O2S/c1-3-20-17(22-10-13-6-7-25-11-13)21-9-12-4-5-14(23-2)15(8-12)24-16(18)19/h4-8,11,16H,3,9-10H2,1-2H3,(H2,20,21,22). The number of halogens is 2. The van der Waals surface area contributed by atoms with E-state index < -0.39 is 6.61 Å². The molecular weight excluding hydrogens is 348 g/mol. The average Bonchev–Trinajstić information content (AvgIpc) is 3.10. The zero-order chi connectivity index (χ0) is 18.1. The van der Waals surface area contributed by atoms with Gasteiger partial charge in [0, 0.05) is 13.1 Å². The summed E-state index contributed by atoms with van der Waals surface area (Å²) in [4.78, 5) is 4.50. The summed E-state index contributed by atoms with van der Waals surface area (Å²) in [5.74, 6) is 0.931. The number of aliphatic imine (C=N–C) groups is 1. The second-order valence-electron chi connectivity index (χ2n) is 5.04. The number of thiophene rings is 1. The number of methoxy groups -OCH3 is 1. The van der Waals surface area contributed by atoms with Crippen molar-refractivity contribution >= 4 is 17.3 Å². The van der Waals surface area contributed by atoms with Crippen LogP contribution in [0.2, 0.25) is 0 Å². The Morgan fingerprint density at radius 3 is 2.68 bits per heavy atom. The van der Waals surface area contributed by atoms with Gasteiger partial charge >= 0.3 is 6.61 Å². The van der Waals surface area contributed by atoms with Gasteiger partial charge in [-0.15, -0.1) is 0 Å². The largest absolute Gasteiger partial charge is 0.493 e. The SMILES string of the molecule is CCNC(=NCc1ccsc1)NCc1ccc(OC)c(OC(F)F)c1. The Morgan fingerprint density at radius 2 is 2.04 bits per heavy atom. The molecule has 1 aromatic heterocycles. The maximum absolute atomic E-state index is 12.5. The fourth-order valence-electron chi connectivity index (χ4n) is 2.10. The van der Waals surface area contributed by atoms with Gasteiger partial charge in [-0.2, -0.15) is 20.1 Å². The number of rotatable bonds is 8. The lowest BCUT2D eigenvalue weighted by Crippen LogP contribution is -2.36. The molecule has 0 spiro atoms. The van der Waals surface area contributed by atoms with Gasteiger partial charge in [-0.05, 0) is 47.0 Å². The van der Waals surface area contributed by atoms with Crippen molar-refractivity contribution in [2.24, 2.45) is 4.99 Å². The quantitative estimate of drug-likeness (QED) is 0.551. The van der Waals surface area contributed by atoms with E-state index in [0.29, 0.717) is 19.0 Å². The van der Waals surface area contributed by atoms with Crippen LogP contribution in [0.1, 0.15) is 18.1 Å². The molecule has 8 heteroatoms. The molecule has 5 nitrogen and oxygen atoms in total. The Kier molecular flexibility index (Phi) is 7.46. The van der Waals surface area contributed by atoms with E-state index in [0.717, 1.165) is 17.7 Å². The number of ether oxygens (including phenoxy) is 2. The molecule has 0 saturated heterocycles. The zero-order valence-corrected chi connectivity index (χ0v) is 14.9. The molecule has 0 saturated carbocycles. The van der Waals surface area contributed by atoms with Crippen LogP contribution < -0.4 is 20.1 Å². The summed E-state index contributed by atoms with van der Waals surface area (Å²) in [7, 11) is 1.41. The fourth-order valence-corrected chi connectivity index (χ4v) is 2.76. The first-order valence-corrected chi connectivity index (χ1v) is 8.71. The summed E-state index contributed by atoms with van der Waals surface area (Å²) in [6.45, 7) is 0.781. The van der Waals surface area contributed by atoms with E-state index in [4.69, 9.17) is 4.74 Å². The minimum absolute atomic E-state index is 0.0111. The average molecular weight is 369 g/mol. The molecule has 1 heterocycles. The van der Waals surface area contributed by atoms with Crippen LogP contribution in [0.15, 0.2) is 40.0 Å². The van der Waals surface area contributed by atoms with E-state index in [-0.39, 0.29) is 11.5 Å². The van der Waals surface area contributed by atoms with Crippen molar-refractivity contribution in [3.8, 4) is 11.5 Å². The summed E-state index contributed by atoms with van der Waals surface area (Å²) in [5, 5.41) is 10.4. The molecule has 1 aromatic carbocycles. The minimum Gasteiger partial charge on any atom is -0.493 e. The van der Waals surface area contributed by atoms with Gasteiger partial charge in [0.1, 0.15) is 0 Å². The second kappa shape index (κ2) is 9.83. The molecule has 2 aromatic rings. The predicted molar refractivity (Wildman–Crippen MR) is 95.6 cm³/mol. The van der Waals surface area contributed by atoms with Crippen LogP contribution in [0.5, 0.6) is 11.5 Å². The molecule has 0 aliphatic carbocycles. The molecule has 136 valence electrons. The van der Waals surface area contributed by atoms with Crippen LogP contribution in [-0.4, -0.2) is 26.2 Å². The van der Waals surface area contributed by atoms with Gasteiger partial charge in [0.05, 0.1) is 13.7 Å². The van der Waals surface area contributed by atoms with Crippen molar-refractivity contribution in [3.63, 3.8) is 0 Å². The van der Waals surface area contributed by atoms with E-state index in [1.807, 2.05) is 23.8 Å². The van der Waals surface area contributed by atoms with Gasteiger partial charge < -0.3 is 20.1 Å². The first-order chi connectivity index (χ1) is 12.1. The molecule has 0 radical (unpaired) electrons. The second-order valence-corrected chi connectivity index (χ2v) is 5.82.